The van der Waals surface area contributed by atoms with E-state index in [-0.39, 0.29) is 0 Å². The summed E-state index contributed by atoms with van der Waals surface area (Å²) in [6.07, 6.45) is 5.36. The van der Waals surface area contributed by atoms with E-state index < -0.39 is 0 Å². The van der Waals surface area contributed by atoms with Crippen LogP contribution in [0.5, 0.6) is 0 Å². The van der Waals surface area contributed by atoms with Gasteiger partial charge in [0, 0.05) is 35.8 Å². The Morgan fingerprint density at radius 3 is 2.84 bits per heavy atom. The SMILES string of the molecule is CCC1CCN(c2ccc(Br)cc2CNC2CC2)C1. The Labute approximate surface area is 124 Å². The highest BCUT2D eigenvalue weighted by Crippen LogP contribution is 2.31. The lowest BCUT2D eigenvalue weighted by molar-refractivity contribution is 0.569. The van der Waals surface area contributed by atoms with Crippen LogP contribution in [0.3, 0.4) is 0 Å². The summed E-state index contributed by atoms with van der Waals surface area (Å²) in [6.45, 7) is 5.77. The molecule has 0 spiro atoms. The standard InChI is InChI=1S/C16H23BrN2/c1-2-12-7-8-19(11-12)16-6-3-14(17)9-13(16)10-18-15-4-5-15/h3,6,9,12,15,18H,2,4-5,7-8,10-11H2,1H3. The molecule has 1 aliphatic carbocycles. The number of hydrogen-bond donors (Lipinski definition) is 1. The van der Waals surface area contributed by atoms with Gasteiger partial charge in [-0.3, -0.25) is 0 Å². The maximum absolute atomic E-state index is 3.64. The topological polar surface area (TPSA) is 15.3 Å². The van der Waals surface area contributed by atoms with Gasteiger partial charge < -0.3 is 10.2 Å². The van der Waals surface area contributed by atoms with Gasteiger partial charge in [-0.25, -0.2) is 0 Å². The van der Waals surface area contributed by atoms with Gasteiger partial charge in [-0.1, -0.05) is 29.3 Å². The monoisotopic (exact) mass is 322 g/mol. The first kappa shape index (κ1) is 13.4. The maximum Gasteiger partial charge on any atom is 0.0412 e. The van der Waals surface area contributed by atoms with Gasteiger partial charge in [-0.05, 0) is 48.9 Å². The minimum atomic E-state index is 0.772. The van der Waals surface area contributed by atoms with Crippen LogP contribution in [0.1, 0.15) is 38.2 Å². The van der Waals surface area contributed by atoms with E-state index in [0.29, 0.717) is 0 Å². The van der Waals surface area contributed by atoms with E-state index in [1.165, 1.54) is 54.5 Å². The molecular weight excluding hydrogens is 300 g/mol. The number of anilines is 1. The highest BCUT2D eigenvalue weighted by molar-refractivity contribution is 9.10. The number of nitrogens with one attached hydrogen (secondary N) is 1. The quantitative estimate of drug-likeness (QED) is 0.883. The molecule has 19 heavy (non-hydrogen) atoms. The van der Waals surface area contributed by atoms with E-state index in [1.54, 1.807) is 0 Å². The van der Waals surface area contributed by atoms with Gasteiger partial charge in [0.25, 0.3) is 0 Å². The lowest BCUT2D eigenvalue weighted by Gasteiger charge is -2.22. The highest BCUT2D eigenvalue weighted by Gasteiger charge is 2.24. The lowest BCUT2D eigenvalue weighted by atomic mass is 10.1. The van der Waals surface area contributed by atoms with Crippen molar-refractivity contribution >= 4 is 21.6 Å². The van der Waals surface area contributed by atoms with E-state index in [1.807, 2.05) is 0 Å². The molecule has 1 heterocycles. The van der Waals surface area contributed by atoms with Gasteiger partial charge in [0.1, 0.15) is 0 Å². The average Bonchev–Trinajstić information content (AvgIpc) is 3.13. The third-order valence-corrected chi connectivity index (χ3v) is 4.90. The molecule has 2 aliphatic rings. The molecule has 1 saturated carbocycles. The van der Waals surface area contributed by atoms with E-state index in [0.717, 1.165) is 18.5 Å². The van der Waals surface area contributed by atoms with Crippen molar-refractivity contribution < 1.29 is 0 Å². The molecular formula is C16H23BrN2. The Hall–Kier alpha value is -0.540. The minimum absolute atomic E-state index is 0.772. The van der Waals surface area contributed by atoms with Crippen molar-refractivity contribution in [1.29, 1.82) is 0 Å². The normalized spacial score (nSPS) is 23.1. The second-order valence-corrected chi connectivity index (χ2v) is 6.85. The molecule has 1 atom stereocenters. The zero-order valence-corrected chi connectivity index (χ0v) is 13.2. The molecule has 1 aromatic carbocycles. The van der Waals surface area contributed by atoms with E-state index in [2.05, 4.69) is 51.3 Å². The number of halogens is 1. The molecule has 1 aromatic rings. The smallest absolute Gasteiger partial charge is 0.0412 e. The molecule has 3 heteroatoms. The van der Waals surface area contributed by atoms with Crippen LogP contribution in [0, 0.1) is 5.92 Å². The second kappa shape index (κ2) is 5.84. The van der Waals surface area contributed by atoms with Crippen LogP contribution >= 0.6 is 15.9 Å². The van der Waals surface area contributed by atoms with Crippen LogP contribution in [0.4, 0.5) is 5.69 Å². The molecule has 1 saturated heterocycles. The van der Waals surface area contributed by atoms with Crippen molar-refractivity contribution in [2.75, 3.05) is 18.0 Å². The minimum Gasteiger partial charge on any atom is -0.371 e. The molecule has 2 fully saturated rings. The summed E-state index contributed by atoms with van der Waals surface area (Å²) in [6, 6.07) is 7.51. The van der Waals surface area contributed by atoms with Gasteiger partial charge in [0.2, 0.25) is 0 Å². The first-order valence-electron chi connectivity index (χ1n) is 7.53. The summed E-state index contributed by atoms with van der Waals surface area (Å²) in [4.78, 5) is 2.57. The van der Waals surface area contributed by atoms with Crippen LogP contribution in [-0.2, 0) is 6.54 Å². The van der Waals surface area contributed by atoms with Gasteiger partial charge in [0.15, 0.2) is 0 Å². The van der Waals surface area contributed by atoms with Gasteiger partial charge >= 0.3 is 0 Å². The number of benzene rings is 1. The molecule has 0 aromatic heterocycles. The largest absolute Gasteiger partial charge is 0.371 e. The van der Waals surface area contributed by atoms with Crippen molar-refractivity contribution in [2.24, 2.45) is 5.92 Å². The summed E-state index contributed by atoms with van der Waals surface area (Å²) in [7, 11) is 0. The molecule has 0 radical (unpaired) electrons. The van der Waals surface area contributed by atoms with Crippen LogP contribution in [0.25, 0.3) is 0 Å². The van der Waals surface area contributed by atoms with Crippen molar-refractivity contribution in [3.63, 3.8) is 0 Å². The molecule has 3 rings (SSSR count). The summed E-state index contributed by atoms with van der Waals surface area (Å²) in [5.41, 5.74) is 2.88. The molecule has 0 bridgehead atoms. The molecule has 1 aliphatic heterocycles. The highest BCUT2D eigenvalue weighted by atomic mass is 79.9. The zero-order chi connectivity index (χ0) is 13.2. The van der Waals surface area contributed by atoms with Crippen LogP contribution < -0.4 is 10.2 Å². The van der Waals surface area contributed by atoms with Crippen molar-refractivity contribution in [3.8, 4) is 0 Å². The van der Waals surface area contributed by atoms with Crippen LogP contribution in [0.2, 0.25) is 0 Å². The zero-order valence-electron chi connectivity index (χ0n) is 11.7. The van der Waals surface area contributed by atoms with Gasteiger partial charge in [-0.2, -0.15) is 0 Å². The number of rotatable bonds is 5. The van der Waals surface area contributed by atoms with Crippen LogP contribution in [0.15, 0.2) is 22.7 Å². The van der Waals surface area contributed by atoms with Crippen LogP contribution in [-0.4, -0.2) is 19.1 Å². The Bertz CT molecular complexity index is 442. The summed E-state index contributed by atoms with van der Waals surface area (Å²) >= 11 is 3.61. The lowest BCUT2D eigenvalue weighted by Crippen LogP contribution is -2.23. The van der Waals surface area contributed by atoms with Crippen molar-refractivity contribution in [2.45, 2.75) is 45.2 Å². The predicted molar refractivity (Wildman–Crippen MR) is 84.6 cm³/mol. The molecule has 1 unspecified atom stereocenters. The molecule has 1 N–H and O–H groups in total. The number of nitrogens with zero attached hydrogens (tertiary/aromatic N) is 1. The summed E-state index contributed by atoms with van der Waals surface area (Å²) in [5.74, 6) is 0.882. The Balaban J connectivity index is 1.74. The van der Waals surface area contributed by atoms with Gasteiger partial charge in [0.05, 0.1) is 0 Å². The third kappa shape index (κ3) is 3.32. The number of hydrogen-bond acceptors (Lipinski definition) is 2. The Morgan fingerprint density at radius 1 is 1.32 bits per heavy atom. The van der Waals surface area contributed by atoms with E-state index in [9.17, 15) is 0 Å². The fourth-order valence-electron chi connectivity index (χ4n) is 2.93. The first-order valence-corrected chi connectivity index (χ1v) is 8.32. The van der Waals surface area contributed by atoms with Crippen molar-refractivity contribution in [3.05, 3.63) is 28.2 Å². The summed E-state index contributed by atoms with van der Waals surface area (Å²) in [5, 5.41) is 3.64. The fraction of sp³-hybridized carbons (Fsp3) is 0.625. The Kier molecular flexibility index (Phi) is 4.13. The van der Waals surface area contributed by atoms with Gasteiger partial charge in [-0.15, -0.1) is 0 Å². The van der Waals surface area contributed by atoms with E-state index in [4.69, 9.17) is 0 Å². The third-order valence-electron chi connectivity index (χ3n) is 4.40. The molecule has 0 amide bonds. The Morgan fingerprint density at radius 2 is 2.16 bits per heavy atom. The first-order chi connectivity index (χ1) is 9.26. The summed E-state index contributed by atoms with van der Waals surface area (Å²) < 4.78 is 1.19. The molecule has 2 nitrogen and oxygen atoms in total. The molecule has 104 valence electrons. The maximum atomic E-state index is 3.64. The van der Waals surface area contributed by atoms with E-state index >= 15 is 0 Å². The fourth-order valence-corrected chi connectivity index (χ4v) is 3.34. The van der Waals surface area contributed by atoms with Crippen molar-refractivity contribution in [1.82, 2.24) is 5.32 Å². The average molecular weight is 323 g/mol. The second-order valence-electron chi connectivity index (χ2n) is 5.94. The predicted octanol–water partition coefficient (Wildman–Crippen LogP) is 3.94.